The second-order valence-corrected chi connectivity index (χ2v) is 5.13. The zero-order chi connectivity index (χ0) is 12.4. The van der Waals surface area contributed by atoms with Crippen LogP contribution in [0.25, 0.3) is 0 Å². The van der Waals surface area contributed by atoms with Gasteiger partial charge in [-0.25, -0.2) is 4.98 Å². The molecule has 1 heterocycles. The molecule has 1 N–H and O–H groups in total. The van der Waals surface area contributed by atoms with E-state index in [1.807, 2.05) is 6.07 Å². The summed E-state index contributed by atoms with van der Waals surface area (Å²) in [6.45, 7) is 6.45. The monoisotopic (exact) mass is 229 g/mol. The van der Waals surface area contributed by atoms with Gasteiger partial charge in [-0.3, -0.25) is 0 Å². The lowest BCUT2D eigenvalue weighted by Crippen LogP contribution is -2.23. The van der Waals surface area contributed by atoms with E-state index in [4.69, 9.17) is 0 Å². The molecule has 3 nitrogen and oxygen atoms in total. The van der Waals surface area contributed by atoms with Crippen molar-refractivity contribution in [2.24, 2.45) is 5.92 Å². The molecule has 0 spiro atoms. The van der Waals surface area contributed by atoms with Crippen LogP contribution in [0, 0.1) is 17.2 Å². The predicted octanol–water partition coefficient (Wildman–Crippen LogP) is 2.90. The molecule has 1 unspecified atom stereocenters. The van der Waals surface area contributed by atoms with Gasteiger partial charge in [-0.05, 0) is 43.7 Å². The fourth-order valence-electron chi connectivity index (χ4n) is 2.05. The van der Waals surface area contributed by atoms with E-state index in [1.54, 1.807) is 0 Å². The van der Waals surface area contributed by atoms with Crippen LogP contribution in [0.15, 0.2) is 6.07 Å². The Labute approximate surface area is 103 Å². The third-order valence-electron chi connectivity index (χ3n) is 3.54. The summed E-state index contributed by atoms with van der Waals surface area (Å²) >= 11 is 0. The van der Waals surface area contributed by atoms with Crippen molar-refractivity contribution in [3.05, 3.63) is 22.9 Å². The maximum absolute atomic E-state index is 9.17. The molecule has 0 aliphatic heterocycles. The van der Waals surface area contributed by atoms with Gasteiger partial charge in [0.25, 0.3) is 0 Å². The maximum Gasteiger partial charge on any atom is 0.144 e. The van der Waals surface area contributed by atoms with Gasteiger partial charge >= 0.3 is 0 Å². The highest BCUT2D eigenvalue weighted by atomic mass is 15.0. The third-order valence-corrected chi connectivity index (χ3v) is 3.54. The number of nitrogens with one attached hydrogen (secondary N) is 1. The highest BCUT2D eigenvalue weighted by Gasteiger charge is 2.17. The minimum absolute atomic E-state index is 0.328. The van der Waals surface area contributed by atoms with E-state index < -0.39 is 0 Å². The Balaban J connectivity index is 2.30. The van der Waals surface area contributed by atoms with Gasteiger partial charge in [0.15, 0.2) is 0 Å². The van der Waals surface area contributed by atoms with Crippen molar-refractivity contribution >= 4 is 5.82 Å². The Morgan fingerprint density at radius 2 is 2.12 bits per heavy atom. The van der Waals surface area contributed by atoms with Crippen LogP contribution >= 0.6 is 0 Å². The van der Waals surface area contributed by atoms with E-state index in [2.05, 4.69) is 37.1 Å². The number of pyridine rings is 1. The summed E-state index contributed by atoms with van der Waals surface area (Å²) in [5.74, 6) is 1.28. The van der Waals surface area contributed by atoms with E-state index >= 15 is 0 Å². The Bertz CT molecular complexity index is 457. The third kappa shape index (κ3) is 2.41. The van der Waals surface area contributed by atoms with Crippen LogP contribution in [0.4, 0.5) is 5.82 Å². The van der Waals surface area contributed by atoms with E-state index in [-0.39, 0.29) is 0 Å². The molecule has 1 atom stereocenters. The van der Waals surface area contributed by atoms with Crippen molar-refractivity contribution in [3.8, 4) is 6.07 Å². The molecule has 2 rings (SSSR count). The number of aromatic nitrogens is 1. The van der Waals surface area contributed by atoms with Crippen LogP contribution < -0.4 is 5.32 Å². The van der Waals surface area contributed by atoms with Crippen LogP contribution in [-0.2, 0) is 12.8 Å². The molecule has 1 aromatic rings. The van der Waals surface area contributed by atoms with Gasteiger partial charge in [-0.2, -0.15) is 5.26 Å². The van der Waals surface area contributed by atoms with Gasteiger partial charge in [-0.15, -0.1) is 0 Å². The standard InChI is InChI=1S/C14H19N3/c1-9(2)10(3)16-14-12(8-15)7-11-5-4-6-13(11)17-14/h7,9-10H,4-6H2,1-3H3,(H,16,17). The number of nitrogens with zero attached hydrogens (tertiary/aromatic N) is 2. The van der Waals surface area contributed by atoms with Gasteiger partial charge < -0.3 is 5.32 Å². The summed E-state index contributed by atoms with van der Waals surface area (Å²) < 4.78 is 0. The summed E-state index contributed by atoms with van der Waals surface area (Å²) in [5.41, 5.74) is 3.10. The van der Waals surface area contributed by atoms with Gasteiger partial charge in [0.1, 0.15) is 11.9 Å². The Morgan fingerprint density at radius 3 is 2.76 bits per heavy atom. The first-order valence-corrected chi connectivity index (χ1v) is 6.31. The zero-order valence-electron chi connectivity index (χ0n) is 10.7. The number of nitriles is 1. The molecular formula is C14H19N3. The molecule has 1 aliphatic carbocycles. The minimum Gasteiger partial charge on any atom is -0.366 e. The molecule has 17 heavy (non-hydrogen) atoms. The lowest BCUT2D eigenvalue weighted by atomic mass is 10.1. The second kappa shape index (κ2) is 4.75. The molecule has 0 saturated carbocycles. The summed E-state index contributed by atoms with van der Waals surface area (Å²) in [4.78, 5) is 4.61. The van der Waals surface area contributed by atoms with E-state index in [9.17, 15) is 5.26 Å². The van der Waals surface area contributed by atoms with Gasteiger partial charge in [0, 0.05) is 11.7 Å². The molecule has 0 saturated heterocycles. The molecule has 0 aromatic carbocycles. The molecule has 3 heteroatoms. The van der Waals surface area contributed by atoms with Crippen molar-refractivity contribution in [1.82, 2.24) is 4.98 Å². The predicted molar refractivity (Wildman–Crippen MR) is 68.9 cm³/mol. The minimum atomic E-state index is 0.328. The van der Waals surface area contributed by atoms with Crippen molar-refractivity contribution in [2.45, 2.75) is 46.1 Å². The quantitative estimate of drug-likeness (QED) is 0.867. The smallest absolute Gasteiger partial charge is 0.144 e. The second-order valence-electron chi connectivity index (χ2n) is 5.13. The van der Waals surface area contributed by atoms with Gasteiger partial charge in [0.05, 0.1) is 5.56 Å². The van der Waals surface area contributed by atoms with Crippen LogP contribution in [-0.4, -0.2) is 11.0 Å². The molecule has 1 aliphatic rings. The van der Waals surface area contributed by atoms with E-state index in [1.165, 1.54) is 11.3 Å². The zero-order valence-corrected chi connectivity index (χ0v) is 10.7. The highest BCUT2D eigenvalue weighted by molar-refractivity contribution is 5.55. The fourth-order valence-corrected chi connectivity index (χ4v) is 2.05. The van der Waals surface area contributed by atoms with E-state index in [0.717, 1.165) is 25.1 Å². The number of rotatable bonds is 3. The first-order valence-electron chi connectivity index (χ1n) is 6.31. The lowest BCUT2D eigenvalue weighted by Gasteiger charge is -2.19. The van der Waals surface area contributed by atoms with Crippen LogP contribution in [0.5, 0.6) is 0 Å². The number of hydrogen-bond acceptors (Lipinski definition) is 3. The first-order chi connectivity index (χ1) is 8.11. The normalized spacial score (nSPS) is 15.5. The summed E-state index contributed by atoms with van der Waals surface area (Å²) in [6, 6.07) is 4.58. The van der Waals surface area contributed by atoms with Crippen LogP contribution in [0.1, 0.15) is 44.0 Å². The SMILES string of the molecule is CC(C)C(C)Nc1nc2c(cc1C#N)CCC2. The average molecular weight is 229 g/mol. The number of anilines is 1. The van der Waals surface area contributed by atoms with Crippen molar-refractivity contribution < 1.29 is 0 Å². The summed E-state index contributed by atoms with van der Waals surface area (Å²) in [7, 11) is 0. The largest absolute Gasteiger partial charge is 0.366 e. The van der Waals surface area contributed by atoms with Crippen LogP contribution in [0.2, 0.25) is 0 Å². The molecule has 1 aromatic heterocycles. The molecule has 90 valence electrons. The molecule has 0 fully saturated rings. The van der Waals surface area contributed by atoms with Crippen molar-refractivity contribution in [3.63, 3.8) is 0 Å². The number of fused-ring (bicyclic) bond motifs is 1. The maximum atomic E-state index is 9.17. The van der Waals surface area contributed by atoms with Gasteiger partial charge in [-0.1, -0.05) is 13.8 Å². The van der Waals surface area contributed by atoms with Crippen molar-refractivity contribution in [2.75, 3.05) is 5.32 Å². The number of aryl methyl sites for hydroxylation is 2. The van der Waals surface area contributed by atoms with Crippen LogP contribution in [0.3, 0.4) is 0 Å². The Morgan fingerprint density at radius 1 is 1.35 bits per heavy atom. The Kier molecular flexibility index (Phi) is 3.33. The van der Waals surface area contributed by atoms with Crippen molar-refractivity contribution in [1.29, 1.82) is 5.26 Å². The highest BCUT2D eigenvalue weighted by Crippen LogP contribution is 2.25. The fraction of sp³-hybridized carbons (Fsp3) is 0.571. The van der Waals surface area contributed by atoms with E-state index in [0.29, 0.717) is 17.5 Å². The molecule has 0 bridgehead atoms. The summed E-state index contributed by atoms with van der Waals surface area (Å²) in [6.07, 6.45) is 3.28. The topological polar surface area (TPSA) is 48.7 Å². The lowest BCUT2D eigenvalue weighted by molar-refractivity contribution is 0.558. The Hall–Kier alpha value is -1.56. The molecular weight excluding hydrogens is 210 g/mol. The van der Waals surface area contributed by atoms with Gasteiger partial charge in [0.2, 0.25) is 0 Å². The number of hydrogen-bond donors (Lipinski definition) is 1. The first kappa shape index (κ1) is 11.9. The summed E-state index contributed by atoms with van der Waals surface area (Å²) in [5, 5.41) is 12.5. The molecule has 0 radical (unpaired) electrons. The molecule has 0 amide bonds. The average Bonchev–Trinajstić information content (AvgIpc) is 2.74.